The molecule has 0 bridgehead atoms. The molecule has 1 amide bonds. The number of aromatic nitrogens is 2. The molecular weight excluding hydrogens is 794 g/mol. The standard InChI is InChI=1S/C40H49N3O17/c1-3-40(19(2)55-18-22-23(40)14-25-29-21(15-43(25)36(22)51)13-20-7-4-5-8-24(20)42-29)60-28(46)9-6-10-53-11-12-54-38-35(32(49)30(47)26(16-44)57-38)58-37-33(50)34(59-39(41)52)31(48)27(17-45)56-37/h4-5,7-8,13-14,26-27,30-35,37-38,44-45,47-50H,2-3,6,9-12,15-18H2,1H3,(H2,41,52)/t26-,27+,30+,31+,32-,33-,34-,35-,37+,38-,40+/m0/s1. The molecule has 20 nitrogen and oxygen atoms in total. The van der Waals surface area contributed by atoms with Gasteiger partial charge in [0.1, 0.15) is 55.1 Å². The van der Waals surface area contributed by atoms with E-state index < -0.39 is 92.3 Å². The van der Waals surface area contributed by atoms with E-state index >= 15 is 0 Å². The molecule has 6 heterocycles. The van der Waals surface area contributed by atoms with Gasteiger partial charge in [-0.3, -0.25) is 9.59 Å². The van der Waals surface area contributed by atoms with E-state index in [0.29, 0.717) is 29.1 Å². The molecule has 4 aliphatic heterocycles. The molecule has 2 aromatic heterocycles. The van der Waals surface area contributed by atoms with Gasteiger partial charge >= 0.3 is 12.1 Å². The van der Waals surface area contributed by atoms with E-state index in [2.05, 4.69) is 6.58 Å². The van der Waals surface area contributed by atoms with Gasteiger partial charge in [0, 0.05) is 29.5 Å². The molecule has 2 fully saturated rings. The van der Waals surface area contributed by atoms with Crippen LogP contribution in [0.4, 0.5) is 4.79 Å². The highest BCUT2D eigenvalue weighted by Crippen LogP contribution is 2.45. The Morgan fingerprint density at radius 2 is 1.70 bits per heavy atom. The first kappa shape index (κ1) is 43.5. The Hall–Kier alpha value is -4.58. The van der Waals surface area contributed by atoms with Crippen molar-refractivity contribution < 1.29 is 78.1 Å². The van der Waals surface area contributed by atoms with Crippen molar-refractivity contribution >= 4 is 23.0 Å². The van der Waals surface area contributed by atoms with Gasteiger partial charge in [-0.25, -0.2) is 9.78 Å². The van der Waals surface area contributed by atoms with Gasteiger partial charge in [0.15, 0.2) is 24.3 Å². The lowest BCUT2D eigenvalue weighted by molar-refractivity contribution is -0.367. The maximum Gasteiger partial charge on any atom is 0.404 e. The fraction of sp³-hybridized carbons (Fsp3) is 0.550. The van der Waals surface area contributed by atoms with Crippen molar-refractivity contribution in [3.63, 3.8) is 0 Å². The Morgan fingerprint density at radius 3 is 2.43 bits per heavy atom. The highest BCUT2D eigenvalue weighted by atomic mass is 16.8. The quantitative estimate of drug-likeness (QED) is 0.0567. The number of hydrogen-bond acceptors (Lipinski definition) is 18. The van der Waals surface area contributed by atoms with Crippen LogP contribution in [0.5, 0.6) is 0 Å². The average Bonchev–Trinajstić information content (AvgIpc) is 3.59. The summed E-state index contributed by atoms with van der Waals surface area (Å²) in [6.45, 7) is 4.55. The van der Waals surface area contributed by atoms with Crippen molar-refractivity contribution in [2.75, 3.05) is 33.0 Å². The van der Waals surface area contributed by atoms with Gasteiger partial charge < -0.3 is 78.8 Å². The van der Waals surface area contributed by atoms with Gasteiger partial charge in [0.2, 0.25) is 0 Å². The number of fused-ring (bicyclic) bond motifs is 5. The summed E-state index contributed by atoms with van der Waals surface area (Å²) in [6.07, 6.45) is -17.2. The normalized spacial score (nSPS) is 30.9. The molecule has 0 radical (unpaired) electrons. The van der Waals surface area contributed by atoms with Crippen LogP contribution >= 0.6 is 0 Å². The summed E-state index contributed by atoms with van der Waals surface area (Å²) in [6, 6.07) is 11.6. The molecule has 0 saturated carbocycles. The Kier molecular flexibility index (Phi) is 13.2. The molecular formula is C40H49N3O17. The second-order valence-electron chi connectivity index (χ2n) is 14.9. The van der Waals surface area contributed by atoms with Crippen LogP contribution in [-0.4, -0.2) is 147 Å². The van der Waals surface area contributed by atoms with Crippen LogP contribution in [0.1, 0.15) is 42.9 Å². The molecule has 2 saturated heterocycles. The topological polar surface area (TPSA) is 290 Å². The zero-order valence-corrected chi connectivity index (χ0v) is 32.7. The van der Waals surface area contributed by atoms with Crippen molar-refractivity contribution in [3.05, 3.63) is 75.8 Å². The Bertz CT molecular complexity index is 2130. The van der Waals surface area contributed by atoms with Crippen molar-refractivity contribution in [3.8, 4) is 11.4 Å². The molecule has 0 unspecified atom stereocenters. The number of nitrogens with two attached hydrogens (primary N) is 1. The molecule has 4 aliphatic rings. The highest BCUT2D eigenvalue weighted by Gasteiger charge is 2.52. The van der Waals surface area contributed by atoms with Gasteiger partial charge in [-0.1, -0.05) is 31.7 Å². The van der Waals surface area contributed by atoms with E-state index in [-0.39, 0.29) is 57.0 Å². The van der Waals surface area contributed by atoms with Crippen LogP contribution in [0.3, 0.4) is 0 Å². The summed E-state index contributed by atoms with van der Waals surface area (Å²) in [5.74, 6) is -0.375. The predicted octanol–water partition coefficient (Wildman–Crippen LogP) is -0.842. The van der Waals surface area contributed by atoms with Crippen molar-refractivity contribution in [2.24, 2.45) is 5.73 Å². The average molecular weight is 844 g/mol. The van der Waals surface area contributed by atoms with Gasteiger partial charge in [-0.2, -0.15) is 0 Å². The third-order valence-corrected chi connectivity index (χ3v) is 11.2. The lowest BCUT2D eigenvalue weighted by Crippen LogP contribution is -2.65. The van der Waals surface area contributed by atoms with Gasteiger partial charge in [0.25, 0.3) is 5.56 Å². The smallest absolute Gasteiger partial charge is 0.404 e. The van der Waals surface area contributed by atoms with E-state index in [4.69, 9.17) is 48.6 Å². The second kappa shape index (κ2) is 18.2. The summed E-state index contributed by atoms with van der Waals surface area (Å²) < 4.78 is 46.6. The first-order valence-electron chi connectivity index (χ1n) is 19.6. The number of carbonyl (C=O) groups excluding carboxylic acids is 2. The number of carbonyl (C=O) groups is 2. The third kappa shape index (κ3) is 8.25. The van der Waals surface area contributed by atoms with Gasteiger partial charge in [-0.05, 0) is 31.0 Å². The first-order valence-corrected chi connectivity index (χ1v) is 19.6. The fourth-order valence-electron chi connectivity index (χ4n) is 8.03. The molecule has 0 aliphatic carbocycles. The lowest BCUT2D eigenvalue weighted by atomic mass is 9.84. The molecule has 11 atom stereocenters. The van der Waals surface area contributed by atoms with Crippen molar-refractivity contribution in [1.82, 2.24) is 9.55 Å². The number of esters is 1. The van der Waals surface area contributed by atoms with Gasteiger partial charge in [0.05, 0.1) is 55.4 Å². The Balaban J connectivity index is 0.948. The number of rotatable bonds is 15. The highest BCUT2D eigenvalue weighted by molar-refractivity contribution is 5.84. The zero-order chi connectivity index (χ0) is 42.9. The largest absolute Gasteiger partial charge is 0.489 e. The molecule has 20 heteroatoms. The van der Waals surface area contributed by atoms with E-state index in [9.17, 15) is 45.0 Å². The maximum absolute atomic E-state index is 13.9. The van der Waals surface area contributed by atoms with Crippen LogP contribution in [0.15, 0.2) is 53.5 Å². The fourth-order valence-corrected chi connectivity index (χ4v) is 8.03. The number of pyridine rings is 2. The van der Waals surface area contributed by atoms with Crippen molar-refractivity contribution in [1.29, 1.82) is 0 Å². The number of primary amides is 1. The van der Waals surface area contributed by atoms with E-state index in [1.165, 1.54) is 0 Å². The number of aliphatic hydroxyl groups is 6. The Morgan fingerprint density at radius 1 is 0.967 bits per heavy atom. The molecule has 7 rings (SSSR count). The van der Waals surface area contributed by atoms with Crippen molar-refractivity contribution in [2.45, 2.75) is 106 Å². The van der Waals surface area contributed by atoms with E-state index in [1.807, 2.05) is 43.3 Å². The summed E-state index contributed by atoms with van der Waals surface area (Å²) in [4.78, 5) is 43.5. The predicted molar refractivity (Wildman–Crippen MR) is 203 cm³/mol. The molecule has 326 valence electrons. The van der Waals surface area contributed by atoms with Crippen LogP contribution < -0.4 is 11.3 Å². The summed E-state index contributed by atoms with van der Waals surface area (Å²) in [5.41, 5.74) is 7.26. The number of benzene rings is 1. The monoisotopic (exact) mass is 843 g/mol. The van der Waals surface area contributed by atoms with Crippen LogP contribution in [0.2, 0.25) is 0 Å². The van der Waals surface area contributed by atoms with Crippen LogP contribution in [0, 0.1) is 0 Å². The number of amides is 1. The minimum atomic E-state index is -1.88. The first-order chi connectivity index (χ1) is 28.8. The third-order valence-electron chi connectivity index (χ3n) is 11.2. The van der Waals surface area contributed by atoms with Crippen LogP contribution in [-0.2, 0) is 61.4 Å². The zero-order valence-electron chi connectivity index (χ0n) is 32.7. The second-order valence-corrected chi connectivity index (χ2v) is 14.9. The minimum absolute atomic E-state index is 0.0236. The number of para-hydroxylation sites is 1. The Labute approximate surface area is 342 Å². The molecule has 1 aromatic carbocycles. The molecule has 8 N–H and O–H groups in total. The number of ether oxygens (including phenoxy) is 8. The van der Waals surface area contributed by atoms with E-state index in [0.717, 1.165) is 16.5 Å². The maximum atomic E-state index is 13.9. The molecule has 0 spiro atoms. The SMILES string of the molecule is C=C1OCc2c(cc3n(c2=O)Cc2cc4ccccc4nc2-3)[C@]1(CC)OC(=O)CCCOCCO[C@H]1O[C@@H](CO)[C@@H](O)[C@H](O)[C@@H]1O[C@H]1O[C@H](CO)[C@@H](O)[C@H](OC(N)=O)[C@@H]1O. The molecule has 60 heavy (non-hydrogen) atoms. The van der Waals surface area contributed by atoms with E-state index in [1.54, 1.807) is 4.57 Å². The number of nitrogens with zero attached hydrogens (tertiary/aromatic N) is 2. The minimum Gasteiger partial charge on any atom is -0.489 e. The number of aliphatic hydroxyl groups excluding tert-OH is 6. The van der Waals surface area contributed by atoms with Gasteiger partial charge in [-0.15, -0.1) is 0 Å². The molecule has 3 aromatic rings. The van der Waals surface area contributed by atoms with Crippen LogP contribution in [0.25, 0.3) is 22.3 Å². The summed E-state index contributed by atoms with van der Waals surface area (Å²) in [5, 5.41) is 63.0. The lowest BCUT2D eigenvalue weighted by Gasteiger charge is -2.46. The summed E-state index contributed by atoms with van der Waals surface area (Å²) >= 11 is 0. The summed E-state index contributed by atoms with van der Waals surface area (Å²) in [7, 11) is 0. The number of hydrogen-bond donors (Lipinski definition) is 7.